The van der Waals surface area contributed by atoms with Crippen molar-refractivity contribution in [3.05, 3.63) is 40.3 Å². The number of benzene rings is 1. The van der Waals surface area contributed by atoms with Gasteiger partial charge in [-0.25, -0.2) is 4.79 Å². The zero-order valence-corrected chi connectivity index (χ0v) is 18.5. The number of thiophene rings is 1. The van der Waals surface area contributed by atoms with Crippen LogP contribution in [0, 0.1) is 24.5 Å². The van der Waals surface area contributed by atoms with Crippen LogP contribution in [0.25, 0.3) is 0 Å². The molecular formula is C20H22N2O3S3. The fourth-order valence-corrected chi connectivity index (χ4v) is 5.06. The topological polar surface area (TPSA) is 79.2 Å². The Balaban J connectivity index is 1.93. The number of nitrogens with zero attached hydrogens (tertiary/aromatic N) is 1. The molecule has 0 saturated heterocycles. The lowest BCUT2D eigenvalue weighted by molar-refractivity contribution is -0.116. The van der Waals surface area contributed by atoms with Crippen LogP contribution in [-0.2, 0) is 9.53 Å². The van der Waals surface area contributed by atoms with Crippen LogP contribution in [0.15, 0.2) is 34.1 Å². The maximum Gasteiger partial charge on any atom is 0.348 e. The highest BCUT2D eigenvalue weighted by Crippen LogP contribution is 2.40. The van der Waals surface area contributed by atoms with Crippen LogP contribution in [-0.4, -0.2) is 24.2 Å². The summed E-state index contributed by atoms with van der Waals surface area (Å²) in [5.74, 6) is 0.286. The molecule has 0 atom stereocenters. The third-order valence-electron chi connectivity index (χ3n) is 3.79. The number of anilines is 1. The Morgan fingerprint density at radius 1 is 1.25 bits per heavy atom. The summed E-state index contributed by atoms with van der Waals surface area (Å²) >= 11 is 3.82. The lowest BCUT2D eigenvalue weighted by atomic mass is 10.2. The van der Waals surface area contributed by atoms with Gasteiger partial charge in [0.2, 0.25) is 5.91 Å². The van der Waals surface area contributed by atoms with Crippen LogP contribution in [0.4, 0.5) is 5.00 Å². The van der Waals surface area contributed by atoms with Crippen molar-refractivity contribution in [2.45, 2.75) is 43.4 Å². The highest BCUT2D eigenvalue weighted by molar-refractivity contribution is 8.04. The van der Waals surface area contributed by atoms with Gasteiger partial charge in [0.15, 0.2) is 0 Å². The molecule has 0 spiro atoms. The summed E-state index contributed by atoms with van der Waals surface area (Å²) in [5, 5.41) is 14.4. The maximum atomic E-state index is 12.3. The van der Waals surface area contributed by atoms with Gasteiger partial charge in [-0.05, 0) is 62.4 Å². The lowest BCUT2D eigenvalue weighted by Gasteiger charge is -2.05. The minimum atomic E-state index is -0.431. The van der Waals surface area contributed by atoms with Crippen molar-refractivity contribution in [2.75, 3.05) is 17.7 Å². The summed E-state index contributed by atoms with van der Waals surface area (Å²) in [7, 11) is 0. The number of nitrogens with one attached hydrogen (secondary N) is 1. The van der Waals surface area contributed by atoms with E-state index in [0.29, 0.717) is 26.8 Å². The molecular weight excluding hydrogens is 412 g/mol. The van der Waals surface area contributed by atoms with Crippen LogP contribution >= 0.6 is 34.9 Å². The van der Waals surface area contributed by atoms with E-state index in [9.17, 15) is 9.59 Å². The van der Waals surface area contributed by atoms with Crippen molar-refractivity contribution in [2.24, 2.45) is 0 Å². The van der Waals surface area contributed by atoms with Crippen LogP contribution in [0.1, 0.15) is 40.6 Å². The number of esters is 1. The zero-order valence-electron chi connectivity index (χ0n) is 16.0. The quantitative estimate of drug-likeness (QED) is 0.239. The standard InChI is InChI=1S/C20H22N2O3S3/c1-4-25-20(24)18-14(3)17(27-12-21)19(28-18)22-16(23)6-5-11-26-15-9-7-13(2)8-10-15/h7-10H,4-6,11H2,1-3H3,(H,22,23). The summed E-state index contributed by atoms with van der Waals surface area (Å²) in [5.41, 5.74) is 1.89. The molecule has 1 aromatic heterocycles. The molecule has 28 heavy (non-hydrogen) atoms. The maximum absolute atomic E-state index is 12.3. The average Bonchev–Trinajstić information content (AvgIpc) is 2.97. The zero-order chi connectivity index (χ0) is 20.5. The predicted octanol–water partition coefficient (Wildman–Crippen LogP) is 5.63. The first-order chi connectivity index (χ1) is 13.5. The molecule has 5 nitrogen and oxygen atoms in total. The third-order valence-corrected chi connectivity index (χ3v) is 7.01. The van der Waals surface area contributed by atoms with E-state index >= 15 is 0 Å². The summed E-state index contributed by atoms with van der Waals surface area (Å²) < 4.78 is 5.05. The number of thioether (sulfide) groups is 2. The van der Waals surface area contributed by atoms with Gasteiger partial charge < -0.3 is 10.1 Å². The van der Waals surface area contributed by atoms with Gasteiger partial charge in [-0.2, -0.15) is 5.26 Å². The van der Waals surface area contributed by atoms with E-state index in [2.05, 4.69) is 36.5 Å². The molecule has 2 aromatic rings. The van der Waals surface area contributed by atoms with Crippen molar-refractivity contribution in [3.63, 3.8) is 0 Å². The molecule has 1 N–H and O–H groups in total. The smallest absolute Gasteiger partial charge is 0.348 e. The number of amides is 1. The van der Waals surface area contributed by atoms with Gasteiger partial charge in [-0.3, -0.25) is 4.79 Å². The number of thiocyanates is 1. The van der Waals surface area contributed by atoms with Crippen molar-refractivity contribution < 1.29 is 14.3 Å². The fourth-order valence-electron chi connectivity index (χ4n) is 2.39. The van der Waals surface area contributed by atoms with Gasteiger partial charge in [0, 0.05) is 11.3 Å². The second-order valence-electron chi connectivity index (χ2n) is 5.94. The Morgan fingerprint density at radius 2 is 1.96 bits per heavy atom. The molecule has 0 fully saturated rings. The van der Waals surface area contributed by atoms with Crippen molar-refractivity contribution in [3.8, 4) is 5.40 Å². The highest BCUT2D eigenvalue weighted by atomic mass is 32.2. The predicted molar refractivity (Wildman–Crippen MR) is 116 cm³/mol. The Hall–Kier alpha value is -1.95. The van der Waals surface area contributed by atoms with E-state index in [1.54, 1.807) is 25.6 Å². The minimum Gasteiger partial charge on any atom is -0.462 e. The van der Waals surface area contributed by atoms with E-state index in [1.807, 2.05) is 5.40 Å². The van der Waals surface area contributed by atoms with E-state index in [0.717, 1.165) is 35.3 Å². The summed E-state index contributed by atoms with van der Waals surface area (Å²) in [6.45, 7) is 5.83. The first kappa shape index (κ1) is 22.3. The molecule has 0 aliphatic heterocycles. The minimum absolute atomic E-state index is 0.124. The number of hydrogen-bond acceptors (Lipinski definition) is 7. The molecule has 0 radical (unpaired) electrons. The second-order valence-corrected chi connectivity index (χ2v) is 8.93. The number of ether oxygens (including phenoxy) is 1. The van der Waals surface area contributed by atoms with Crippen LogP contribution in [0.2, 0.25) is 0 Å². The van der Waals surface area contributed by atoms with Gasteiger partial charge in [0.1, 0.15) is 15.3 Å². The van der Waals surface area contributed by atoms with Crippen molar-refractivity contribution >= 4 is 51.7 Å². The molecule has 1 aromatic carbocycles. The first-order valence-electron chi connectivity index (χ1n) is 8.82. The van der Waals surface area contributed by atoms with Gasteiger partial charge in [-0.15, -0.1) is 23.1 Å². The van der Waals surface area contributed by atoms with Crippen LogP contribution in [0.5, 0.6) is 0 Å². The van der Waals surface area contributed by atoms with E-state index in [4.69, 9.17) is 10.00 Å². The molecule has 0 saturated carbocycles. The fraction of sp³-hybridized carbons (Fsp3) is 0.350. The van der Waals surface area contributed by atoms with Crippen LogP contribution in [0.3, 0.4) is 0 Å². The largest absolute Gasteiger partial charge is 0.462 e. The molecule has 0 unspecified atom stereocenters. The van der Waals surface area contributed by atoms with Gasteiger partial charge in [0.25, 0.3) is 0 Å². The number of rotatable bonds is 9. The Morgan fingerprint density at radius 3 is 2.61 bits per heavy atom. The van der Waals surface area contributed by atoms with Crippen molar-refractivity contribution in [1.82, 2.24) is 0 Å². The monoisotopic (exact) mass is 434 g/mol. The SMILES string of the molecule is CCOC(=O)c1sc(NC(=O)CCCSc2ccc(C)cc2)c(SC#N)c1C. The second kappa shape index (κ2) is 11.1. The van der Waals surface area contributed by atoms with Crippen molar-refractivity contribution in [1.29, 1.82) is 5.26 Å². The molecule has 1 amide bonds. The molecule has 0 aliphatic rings. The van der Waals surface area contributed by atoms with E-state index in [1.165, 1.54) is 10.5 Å². The van der Waals surface area contributed by atoms with Gasteiger partial charge in [0.05, 0.1) is 11.5 Å². The Labute approximate surface area is 177 Å². The molecule has 0 aliphatic carbocycles. The van der Waals surface area contributed by atoms with Gasteiger partial charge in [-0.1, -0.05) is 17.7 Å². The van der Waals surface area contributed by atoms with Gasteiger partial charge >= 0.3 is 5.97 Å². The van der Waals surface area contributed by atoms with E-state index in [-0.39, 0.29) is 12.5 Å². The summed E-state index contributed by atoms with van der Waals surface area (Å²) in [6, 6.07) is 8.31. The number of aryl methyl sites for hydroxylation is 1. The molecule has 8 heteroatoms. The summed E-state index contributed by atoms with van der Waals surface area (Å²) in [6.07, 6.45) is 1.11. The lowest BCUT2D eigenvalue weighted by Crippen LogP contribution is -2.11. The van der Waals surface area contributed by atoms with E-state index < -0.39 is 5.97 Å². The summed E-state index contributed by atoms with van der Waals surface area (Å²) in [4.78, 5) is 26.6. The number of hydrogen-bond donors (Lipinski definition) is 1. The molecule has 0 bridgehead atoms. The number of carbonyl (C=O) groups is 2. The number of carbonyl (C=O) groups excluding carboxylic acids is 2. The molecule has 1 heterocycles. The number of nitriles is 1. The Kier molecular flexibility index (Phi) is 8.90. The first-order valence-corrected chi connectivity index (χ1v) is 11.4. The molecule has 2 rings (SSSR count). The normalized spacial score (nSPS) is 10.4. The average molecular weight is 435 g/mol. The highest BCUT2D eigenvalue weighted by Gasteiger charge is 2.22. The molecule has 148 valence electrons. The third kappa shape index (κ3) is 6.30. The Bertz CT molecular complexity index is 870. The van der Waals surface area contributed by atoms with Crippen LogP contribution < -0.4 is 5.32 Å².